The SMILES string of the molecule is CC1(C)c2ccccc2-c2cc(N(c3ccc(-c4ccc(C5CCCCC5)cc4)cc3)c3ccc4ccccc4c3-c3ccc(-n4c5ccccc5c5ccccc54)cc3)ccc21. The zero-order valence-corrected chi connectivity index (χ0v) is 36.1. The van der Waals surface area contributed by atoms with E-state index in [1.165, 1.54) is 115 Å². The smallest absolute Gasteiger partial charge is 0.0546 e. The summed E-state index contributed by atoms with van der Waals surface area (Å²) in [5.74, 6) is 0.703. The predicted octanol–water partition coefficient (Wildman–Crippen LogP) is 17.1. The Bertz CT molecular complexity index is 3270. The summed E-state index contributed by atoms with van der Waals surface area (Å²) in [7, 11) is 0. The van der Waals surface area contributed by atoms with Gasteiger partial charge in [-0.15, -0.1) is 0 Å². The van der Waals surface area contributed by atoms with Gasteiger partial charge >= 0.3 is 0 Å². The molecule has 2 nitrogen and oxygen atoms in total. The second-order valence-corrected chi connectivity index (χ2v) is 18.3. The topological polar surface area (TPSA) is 8.17 Å². The lowest BCUT2D eigenvalue weighted by Crippen LogP contribution is -2.15. The van der Waals surface area contributed by atoms with E-state index in [9.17, 15) is 0 Å². The van der Waals surface area contributed by atoms with Gasteiger partial charge in [-0.2, -0.15) is 0 Å². The molecule has 0 radical (unpaired) electrons. The highest BCUT2D eigenvalue weighted by atomic mass is 15.1. The van der Waals surface area contributed by atoms with Crippen LogP contribution < -0.4 is 4.90 Å². The average molecular weight is 811 g/mol. The summed E-state index contributed by atoms with van der Waals surface area (Å²) >= 11 is 0. The molecule has 63 heavy (non-hydrogen) atoms. The van der Waals surface area contributed by atoms with Crippen LogP contribution in [0, 0.1) is 0 Å². The number of benzene rings is 9. The fraction of sp³-hybridized carbons (Fsp3) is 0.148. The van der Waals surface area contributed by atoms with Gasteiger partial charge in [-0.1, -0.05) is 179 Å². The van der Waals surface area contributed by atoms with Crippen molar-refractivity contribution in [1.29, 1.82) is 0 Å². The monoisotopic (exact) mass is 810 g/mol. The van der Waals surface area contributed by atoms with Crippen LogP contribution in [0.4, 0.5) is 17.1 Å². The molecule has 1 heterocycles. The van der Waals surface area contributed by atoms with E-state index in [2.05, 4.69) is 224 Å². The molecule has 1 saturated carbocycles. The maximum Gasteiger partial charge on any atom is 0.0546 e. The van der Waals surface area contributed by atoms with Gasteiger partial charge in [-0.05, 0) is 129 Å². The van der Waals surface area contributed by atoms with E-state index in [-0.39, 0.29) is 5.41 Å². The lowest BCUT2D eigenvalue weighted by Gasteiger charge is -2.30. The molecule has 0 atom stereocenters. The molecule has 1 fully saturated rings. The van der Waals surface area contributed by atoms with Crippen LogP contribution in [0.3, 0.4) is 0 Å². The molecule has 10 aromatic rings. The molecule has 2 heteroatoms. The van der Waals surface area contributed by atoms with Crippen LogP contribution in [-0.4, -0.2) is 4.57 Å². The van der Waals surface area contributed by atoms with E-state index in [0.717, 1.165) is 22.7 Å². The van der Waals surface area contributed by atoms with Crippen molar-refractivity contribution in [2.45, 2.75) is 57.3 Å². The number of nitrogens with zero attached hydrogens (tertiary/aromatic N) is 2. The number of fused-ring (bicyclic) bond motifs is 7. The summed E-state index contributed by atoms with van der Waals surface area (Å²) in [6.07, 6.45) is 6.72. The van der Waals surface area contributed by atoms with Crippen LogP contribution in [0.25, 0.3) is 71.6 Å². The molecular formula is C61H50N2. The molecule has 304 valence electrons. The van der Waals surface area contributed by atoms with Crippen LogP contribution in [0.15, 0.2) is 200 Å². The summed E-state index contributed by atoms with van der Waals surface area (Å²) in [5, 5.41) is 4.99. The third-order valence-electron chi connectivity index (χ3n) is 14.4. The van der Waals surface area contributed by atoms with Crippen LogP contribution in [0.2, 0.25) is 0 Å². The summed E-state index contributed by atoms with van der Waals surface area (Å²) < 4.78 is 2.40. The summed E-state index contributed by atoms with van der Waals surface area (Å²) in [5.41, 5.74) is 18.7. The number of para-hydroxylation sites is 2. The zero-order valence-electron chi connectivity index (χ0n) is 36.1. The normalized spacial score (nSPS) is 14.6. The number of hydrogen-bond acceptors (Lipinski definition) is 1. The van der Waals surface area contributed by atoms with Crippen molar-refractivity contribution in [2.75, 3.05) is 4.90 Å². The van der Waals surface area contributed by atoms with Gasteiger partial charge in [0, 0.05) is 38.8 Å². The highest BCUT2D eigenvalue weighted by molar-refractivity contribution is 6.10. The third-order valence-corrected chi connectivity index (χ3v) is 14.4. The summed E-state index contributed by atoms with van der Waals surface area (Å²) in [4.78, 5) is 2.49. The van der Waals surface area contributed by atoms with E-state index in [1.807, 2.05) is 0 Å². The van der Waals surface area contributed by atoms with Crippen LogP contribution in [0.1, 0.15) is 68.6 Å². The lowest BCUT2D eigenvalue weighted by molar-refractivity contribution is 0.443. The summed E-state index contributed by atoms with van der Waals surface area (Å²) in [6, 6.07) is 75.0. The van der Waals surface area contributed by atoms with Gasteiger partial charge in [0.15, 0.2) is 0 Å². The van der Waals surface area contributed by atoms with Crippen LogP contribution in [-0.2, 0) is 5.41 Å². The molecule has 0 amide bonds. The van der Waals surface area contributed by atoms with Crippen LogP contribution in [0.5, 0.6) is 0 Å². The molecule has 0 unspecified atom stereocenters. The number of anilines is 3. The van der Waals surface area contributed by atoms with Crippen molar-refractivity contribution in [3.63, 3.8) is 0 Å². The Hall–Kier alpha value is -7.16. The first-order valence-corrected chi connectivity index (χ1v) is 22.9. The molecule has 12 rings (SSSR count). The van der Waals surface area contributed by atoms with Crippen molar-refractivity contribution in [2.24, 2.45) is 0 Å². The Morgan fingerprint density at radius 3 is 1.75 bits per heavy atom. The van der Waals surface area contributed by atoms with Gasteiger partial charge in [0.05, 0.1) is 16.7 Å². The highest BCUT2D eigenvalue weighted by Crippen LogP contribution is 2.52. The van der Waals surface area contributed by atoms with Crippen molar-refractivity contribution in [1.82, 2.24) is 4.57 Å². The first-order chi connectivity index (χ1) is 31.0. The molecule has 0 spiro atoms. The third kappa shape index (κ3) is 6.22. The van der Waals surface area contributed by atoms with Crippen molar-refractivity contribution in [3.8, 4) is 39.1 Å². The molecular weight excluding hydrogens is 761 g/mol. The van der Waals surface area contributed by atoms with Crippen molar-refractivity contribution in [3.05, 3.63) is 217 Å². The maximum atomic E-state index is 2.49. The Kier molecular flexibility index (Phi) is 8.97. The lowest BCUT2D eigenvalue weighted by atomic mass is 9.82. The minimum absolute atomic E-state index is 0.0737. The number of hydrogen-bond donors (Lipinski definition) is 0. The predicted molar refractivity (Wildman–Crippen MR) is 267 cm³/mol. The van der Waals surface area contributed by atoms with E-state index in [0.29, 0.717) is 5.92 Å². The fourth-order valence-corrected chi connectivity index (χ4v) is 11.2. The van der Waals surface area contributed by atoms with E-state index in [1.54, 1.807) is 0 Å². The van der Waals surface area contributed by atoms with Gasteiger partial charge in [0.25, 0.3) is 0 Å². The van der Waals surface area contributed by atoms with Gasteiger partial charge in [0.1, 0.15) is 0 Å². The largest absolute Gasteiger partial charge is 0.310 e. The second-order valence-electron chi connectivity index (χ2n) is 18.3. The van der Waals surface area contributed by atoms with Gasteiger partial charge in [-0.25, -0.2) is 0 Å². The van der Waals surface area contributed by atoms with Gasteiger partial charge < -0.3 is 9.47 Å². The molecule has 0 aliphatic heterocycles. The second kappa shape index (κ2) is 15.0. The van der Waals surface area contributed by atoms with E-state index < -0.39 is 0 Å². The minimum Gasteiger partial charge on any atom is -0.310 e. The molecule has 2 aliphatic rings. The standard InChI is InChI=1S/C61H50N2/c1-61(2)55-21-11-8-18-51(55)54-40-49(37-38-56(54)61)62(47-33-28-44(29-34-47)43-26-24-42(25-27-43)41-14-4-3-5-15-41)59-39-32-45-16-6-7-17-50(45)60(59)46-30-35-48(36-31-46)63-57-22-12-9-19-52(57)53-20-10-13-23-58(53)63/h6-13,16-41H,3-5,14-15H2,1-2H3. The fourth-order valence-electron chi connectivity index (χ4n) is 11.2. The molecule has 0 saturated heterocycles. The van der Waals surface area contributed by atoms with Crippen molar-refractivity contribution < 1.29 is 0 Å². The summed E-state index contributed by atoms with van der Waals surface area (Å²) in [6.45, 7) is 4.72. The van der Waals surface area contributed by atoms with E-state index >= 15 is 0 Å². The first kappa shape index (κ1) is 37.6. The van der Waals surface area contributed by atoms with Gasteiger partial charge in [0.2, 0.25) is 0 Å². The zero-order chi connectivity index (χ0) is 42.1. The van der Waals surface area contributed by atoms with E-state index in [4.69, 9.17) is 0 Å². The molecule has 1 aromatic heterocycles. The Morgan fingerprint density at radius 1 is 0.460 bits per heavy atom. The molecule has 0 bridgehead atoms. The number of rotatable bonds is 7. The Balaban J connectivity index is 1.02. The van der Waals surface area contributed by atoms with Crippen LogP contribution >= 0.6 is 0 Å². The average Bonchev–Trinajstić information content (AvgIpc) is 3.80. The minimum atomic E-state index is -0.0737. The molecule has 2 aliphatic carbocycles. The van der Waals surface area contributed by atoms with Crippen molar-refractivity contribution >= 4 is 49.6 Å². The first-order valence-electron chi connectivity index (χ1n) is 22.9. The molecule has 0 N–H and O–H groups in total. The number of aromatic nitrogens is 1. The maximum absolute atomic E-state index is 2.49. The van der Waals surface area contributed by atoms with Gasteiger partial charge in [-0.3, -0.25) is 0 Å². The quantitative estimate of drug-likeness (QED) is 0.156. The Morgan fingerprint density at radius 2 is 1.03 bits per heavy atom. The highest BCUT2D eigenvalue weighted by Gasteiger charge is 2.36. The molecule has 9 aromatic carbocycles. The Labute approximate surface area is 370 Å².